The van der Waals surface area contributed by atoms with Gasteiger partial charge >= 0.3 is 45.9 Å². The van der Waals surface area contributed by atoms with Gasteiger partial charge in [0.05, 0.1) is 0 Å². The van der Waals surface area contributed by atoms with Crippen molar-refractivity contribution in [3.63, 3.8) is 0 Å². The van der Waals surface area contributed by atoms with E-state index in [-0.39, 0.29) is 43.2 Å². The summed E-state index contributed by atoms with van der Waals surface area (Å²) in [6.07, 6.45) is 0.113. The monoisotopic (exact) mass is 285 g/mol. The number of carbonyl (C=O) groups is 1. The van der Waals surface area contributed by atoms with Gasteiger partial charge in [-0.25, -0.2) is 0 Å². The number of aliphatic carboxylic acids is 1. The maximum absolute atomic E-state index is 10.5. The van der Waals surface area contributed by atoms with Gasteiger partial charge in [-0.15, -0.1) is 0 Å². The van der Waals surface area contributed by atoms with Crippen molar-refractivity contribution >= 4 is 16.4 Å². The van der Waals surface area contributed by atoms with E-state index in [1.807, 2.05) is 0 Å². The normalized spacial score (nSPS) is 12.3. The summed E-state index contributed by atoms with van der Waals surface area (Å²) in [5.74, 6) is -1.19. The van der Waals surface area contributed by atoms with Crippen molar-refractivity contribution in [1.29, 1.82) is 0 Å². The van der Waals surface area contributed by atoms with Gasteiger partial charge in [0, 0.05) is 0 Å². The van der Waals surface area contributed by atoms with E-state index in [1.165, 1.54) is 24.3 Å². The van der Waals surface area contributed by atoms with Crippen molar-refractivity contribution in [2.45, 2.75) is 12.5 Å². The molecule has 0 saturated heterocycles. The average molecular weight is 285 g/mol. The molecule has 0 aromatic heterocycles. The Morgan fingerprint density at radius 1 is 1.39 bits per heavy atom. The number of rotatable bonds is 5. The van der Waals surface area contributed by atoms with Gasteiger partial charge in [-0.1, -0.05) is 12.1 Å². The van der Waals surface area contributed by atoms with Crippen LogP contribution in [0.5, 0.6) is 5.75 Å². The maximum Gasteiger partial charge on any atom is 1.00 e. The summed E-state index contributed by atoms with van der Waals surface area (Å²) in [6, 6.07) is 4.48. The smallest absolute Gasteiger partial charge is 1.00 e. The van der Waals surface area contributed by atoms with Gasteiger partial charge in [0.2, 0.25) is 0 Å². The summed E-state index contributed by atoms with van der Waals surface area (Å²) in [5.41, 5.74) is 5.94. The van der Waals surface area contributed by atoms with Crippen molar-refractivity contribution in [2.75, 3.05) is 0 Å². The molecule has 9 heteroatoms. The minimum absolute atomic E-state index is 0. The fourth-order valence-electron chi connectivity index (χ4n) is 1.14. The Morgan fingerprint density at radius 3 is 2.28 bits per heavy atom. The van der Waals surface area contributed by atoms with Crippen LogP contribution in [0, 0.1) is 0 Å². The van der Waals surface area contributed by atoms with Crippen molar-refractivity contribution in [3.8, 4) is 5.75 Å². The van der Waals surface area contributed by atoms with Gasteiger partial charge in [0.25, 0.3) is 0 Å². The molecule has 0 saturated carbocycles. The summed E-state index contributed by atoms with van der Waals surface area (Å²) in [5, 5.41) is 8.59. The molecular weight excluding hydrogens is 273 g/mol. The van der Waals surface area contributed by atoms with Crippen molar-refractivity contribution in [3.05, 3.63) is 29.8 Å². The Kier molecular flexibility index (Phi) is 6.82. The minimum Gasteiger partial charge on any atom is -1.00 e. The van der Waals surface area contributed by atoms with E-state index < -0.39 is 22.4 Å². The number of carboxylic acid groups (broad SMARTS) is 1. The van der Waals surface area contributed by atoms with E-state index in [4.69, 9.17) is 15.4 Å². The third-order valence-electron chi connectivity index (χ3n) is 1.90. The van der Waals surface area contributed by atoms with Crippen LogP contribution in [-0.4, -0.2) is 30.1 Å². The first kappa shape index (κ1) is 17.4. The zero-order valence-electron chi connectivity index (χ0n) is 10.6. The first-order valence-electron chi connectivity index (χ1n) is 4.52. The molecule has 0 heterocycles. The molecule has 96 valence electrons. The van der Waals surface area contributed by atoms with Crippen LogP contribution in [0.4, 0.5) is 0 Å². The van der Waals surface area contributed by atoms with E-state index in [0.29, 0.717) is 5.56 Å². The first-order chi connectivity index (χ1) is 7.78. The number of hydrogen-bond acceptors (Lipinski definition) is 5. The van der Waals surface area contributed by atoms with Crippen LogP contribution in [0.2, 0.25) is 0 Å². The van der Waals surface area contributed by atoms with E-state index in [2.05, 4.69) is 4.18 Å². The zero-order chi connectivity index (χ0) is 13.1. The average Bonchev–Trinajstić information content (AvgIpc) is 2.18. The minimum atomic E-state index is -4.55. The number of carboxylic acids is 1. The van der Waals surface area contributed by atoms with E-state index in [9.17, 15) is 13.2 Å². The summed E-state index contributed by atoms with van der Waals surface area (Å²) in [6.45, 7) is 0. The Morgan fingerprint density at radius 2 is 1.89 bits per heavy atom. The van der Waals surface area contributed by atoms with Crippen LogP contribution >= 0.6 is 0 Å². The van der Waals surface area contributed by atoms with E-state index in [0.717, 1.165) is 0 Å². The second kappa shape index (κ2) is 7.07. The SMILES string of the molecule is NC(Cc1ccc(OS(=O)(=O)O)cc1)C(=O)O.[H-].[Na+]. The molecule has 1 rings (SSSR count). The van der Waals surface area contributed by atoms with Crippen molar-refractivity contribution in [1.82, 2.24) is 0 Å². The van der Waals surface area contributed by atoms with E-state index >= 15 is 0 Å². The van der Waals surface area contributed by atoms with Gasteiger partial charge in [-0.3, -0.25) is 9.35 Å². The molecule has 18 heavy (non-hydrogen) atoms. The van der Waals surface area contributed by atoms with Gasteiger partial charge in [-0.05, 0) is 24.1 Å². The van der Waals surface area contributed by atoms with Gasteiger partial charge in [-0.2, -0.15) is 8.42 Å². The maximum atomic E-state index is 10.5. The number of hydrogen-bond donors (Lipinski definition) is 3. The molecule has 0 spiro atoms. The summed E-state index contributed by atoms with van der Waals surface area (Å²) in [4.78, 5) is 10.5. The van der Waals surface area contributed by atoms with Crippen LogP contribution in [0.1, 0.15) is 6.99 Å². The number of benzene rings is 1. The van der Waals surface area contributed by atoms with Crippen LogP contribution in [0.25, 0.3) is 0 Å². The third kappa shape index (κ3) is 6.34. The summed E-state index contributed by atoms with van der Waals surface area (Å²) >= 11 is 0. The molecule has 0 aliphatic heterocycles. The van der Waals surface area contributed by atoms with Gasteiger partial charge in [0.15, 0.2) is 0 Å². The summed E-state index contributed by atoms with van der Waals surface area (Å²) < 4.78 is 33.4. The number of nitrogens with two attached hydrogens (primary N) is 1. The quantitative estimate of drug-likeness (QED) is 0.387. The second-order valence-corrected chi connectivity index (χ2v) is 4.33. The Balaban J connectivity index is 0. The van der Waals surface area contributed by atoms with Gasteiger partial charge < -0.3 is 16.4 Å². The molecule has 1 atom stereocenters. The summed E-state index contributed by atoms with van der Waals surface area (Å²) in [7, 11) is -4.55. The van der Waals surface area contributed by atoms with Crippen molar-refractivity contribution in [2.24, 2.45) is 5.73 Å². The first-order valence-corrected chi connectivity index (χ1v) is 5.88. The molecule has 0 fully saturated rings. The molecule has 1 aromatic rings. The van der Waals surface area contributed by atoms with Crippen LogP contribution in [-0.2, 0) is 21.6 Å². The molecule has 7 nitrogen and oxygen atoms in total. The topological polar surface area (TPSA) is 127 Å². The Hall–Kier alpha value is -0.640. The predicted octanol–water partition coefficient (Wildman–Crippen LogP) is -3.06. The molecule has 0 aliphatic carbocycles. The molecular formula is C9H12NNaO6S. The Labute approximate surface area is 128 Å². The zero-order valence-corrected chi connectivity index (χ0v) is 12.4. The second-order valence-electron chi connectivity index (χ2n) is 3.30. The standard InChI is InChI=1S/C9H11NO6S.Na.H/c10-8(9(11)12)5-6-1-3-7(4-2-6)16-17(13,14)15;;/h1-4,8H,5,10H2,(H,11,12)(H,13,14,15);;/q;+1;-1. The molecule has 1 unspecified atom stereocenters. The molecule has 1 aromatic carbocycles. The molecule has 4 N–H and O–H groups in total. The fraction of sp³-hybridized carbons (Fsp3) is 0.222. The fourth-order valence-corrected chi connectivity index (χ4v) is 1.50. The third-order valence-corrected chi connectivity index (χ3v) is 2.30. The van der Waals surface area contributed by atoms with Crippen LogP contribution < -0.4 is 39.5 Å². The van der Waals surface area contributed by atoms with Crippen LogP contribution in [0.15, 0.2) is 24.3 Å². The predicted molar refractivity (Wildman–Crippen MR) is 59.0 cm³/mol. The van der Waals surface area contributed by atoms with E-state index in [1.54, 1.807) is 0 Å². The largest absolute Gasteiger partial charge is 1.00 e. The molecule has 0 bridgehead atoms. The molecule has 0 radical (unpaired) electrons. The Bertz CT molecular complexity index is 506. The van der Waals surface area contributed by atoms with Crippen molar-refractivity contribution < 1.29 is 58.0 Å². The van der Waals surface area contributed by atoms with Crippen LogP contribution in [0.3, 0.4) is 0 Å². The molecule has 0 amide bonds. The van der Waals surface area contributed by atoms with Gasteiger partial charge in [0.1, 0.15) is 11.8 Å². The molecule has 0 aliphatic rings.